The molecule has 0 aliphatic carbocycles. The van der Waals surface area contributed by atoms with Gasteiger partial charge in [-0.3, -0.25) is 4.90 Å². The predicted molar refractivity (Wildman–Crippen MR) is 143 cm³/mol. The highest BCUT2D eigenvalue weighted by Crippen LogP contribution is 2.27. The van der Waals surface area contributed by atoms with Crippen LogP contribution in [0.2, 0.25) is 0 Å². The Morgan fingerprint density at radius 3 is 2.42 bits per heavy atom. The highest BCUT2D eigenvalue weighted by atomic mass is 19.1. The third-order valence-corrected chi connectivity index (χ3v) is 6.97. The van der Waals surface area contributed by atoms with Crippen molar-refractivity contribution in [2.75, 3.05) is 50.9 Å². The highest BCUT2D eigenvalue weighted by Gasteiger charge is 2.17. The predicted octanol–water partition coefficient (Wildman–Crippen LogP) is 6.26. The number of anilines is 1. The molecule has 4 aromatic rings. The van der Waals surface area contributed by atoms with Crippen molar-refractivity contribution in [1.29, 1.82) is 0 Å². The van der Waals surface area contributed by atoms with Crippen molar-refractivity contribution in [3.05, 3.63) is 90.4 Å². The number of nitrogens with zero attached hydrogens (tertiary/aromatic N) is 3. The second-order valence-corrected chi connectivity index (χ2v) is 9.34. The van der Waals surface area contributed by atoms with Crippen molar-refractivity contribution in [2.24, 2.45) is 0 Å². The third kappa shape index (κ3) is 5.71. The van der Waals surface area contributed by atoms with Gasteiger partial charge in [0.15, 0.2) is 0 Å². The molecule has 0 N–H and O–H groups in total. The number of halogens is 2. The molecular weight excluding hydrogens is 456 g/mol. The first-order chi connectivity index (χ1) is 17.7. The summed E-state index contributed by atoms with van der Waals surface area (Å²) in [5.41, 5.74) is 4.63. The van der Waals surface area contributed by atoms with Gasteiger partial charge >= 0.3 is 0 Å². The van der Waals surface area contributed by atoms with E-state index in [1.54, 1.807) is 0 Å². The van der Waals surface area contributed by atoms with E-state index in [1.165, 1.54) is 23.1 Å². The Morgan fingerprint density at radius 1 is 0.806 bits per heavy atom. The molecule has 0 bridgehead atoms. The molecule has 0 radical (unpaired) electrons. The maximum atomic E-state index is 13.4. The minimum Gasteiger partial charge on any atom is -0.491 e. The van der Waals surface area contributed by atoms with Gasteiger partial charge in [0.25, 0.3) is 0 Å². The molecule has 0 spiro atoms. The number of alkyl halides is 1. The lowest BCUT2D eigenvalue weighted by atomic mass is 10.1. The van der Waals surface area contributed by atoms with Gasteiger partial charge in [0.05, 0.1) is 5.52 Å². The van der Waals surface area contributed by atoms with E-state index in [1.807, 2.05) is 30.3 Å². The molecule has 5 rings (SSSR count). The first-order valence-corrected chi connectivity index (χ1v) is 12.8. The lowest BCUT2D eigenvalue weighted by molar-refractivity contribution is 0.252. The highest BCUT2D eigenvalue weighted by molar-refractivity contribution is 5.85. The van der Waals surface area contributed by atoms with Gasteiger partial charge < -0.3 is 14.2 Å². The number of fused-ring (bicyclic) bond motifs is 1. The topological polar surface area (TPSA) is 20.6 Å². The molecule has 1 aliphatic rings. The molecule has 2 heterocycles. The molecule has 0 atom stereocenters. The fourth-order valence-corrected chi connectivity index (χ4v) is 5.07. The number of aromatic nitrogens is 1. The number of ether oxygens (including phenoxy) is 1. The first kappa shape index (κ1) is 24.3. The summed E-state index contributed by atoms with van der Waals surface area (Å²) in [4.78, 5) is 4.92. The number of unbranched alkanes of at least 4 members (excludes halogenated alkanes) is 1. The monoisotopic (exact) mass is 489 g/mol. The van der Waals surface area contributed by atoms with Crippen LogP contribution < -0.4 is 9.64 Å². The van der Waals surface area contributed by atoms with E-state index in [9.17, 15) is 8.78 Å². The van der Waals surface area contributed by atoms with Gasteiger partial charge in [-0.1, -0.05) is 24.3 Å². The molecule has 4 nitrogen and oxygen atoms in total. The summed E-state index contributed by atoms with van der Waals surface area (Å²) in [5.74, 6) is 0.515. The van der Waals surface area contributed by atoms with Crippen LogP contribution in [-0.4, -0.2) is 55.5 Å². The zero-order chi connectivity index (χ0) is 24.7. The van der Waals surface area contributed by atoms with Crippen molar-refractivity contribution >= 4 is 16.6 Å². The summed E-state index contributed by atoms with van der Waals surface area (Å²) >= 11 is 0. The quantitative estimate of drug-likeness (QED) is 0.245. The summed E-state index contributed by atoms with van der Waals surface area (Å²) in [5, 5.41) is 1.27. The molecule has 1 fully saturated rings. The molecule has 0 saturated carbocycles. The van der Waals surface area contributed by atoms with Gasteiger partial charge in [-0.15, -0.1) is 0 Å². The van der Waals surface area contributed by atoms with Crippen molar-refractivity contribution in [1.82, 2.24) is 9.47 Å². The molecule has 0 amide bonds. The molecule has 6 heteroatoms. The lowest BCUT2D eigenvalue weighted by Crippen LogP contribution is -2.46. The summed E-state index contributed by atoms with van der Waals surface area (Å²) < 4.78 is 33.4. The summed E-state index contributed by atoms with van der Waals surface area (Å²) in [6.07, 6.45) is 5.52. The number of aryl methyl sites for hydroxylation is 1. The minimum absolute atomic E-state index is 0.101. The van der Waals surface area contributed by atoms with Gasteiger partial charge in [-0.05, 0) is 73.8 Å². The Bertz CT molecular complexity index is 1260. The molecule has 3 aromatic carbocycles. The zero-order valence-corrected chi connectivity index (χ0v) is 20.6. The van der Waals surface area contributed by atoms with Crippen molar-refractivity contribution in [2.45, 2.75) is 19.3 Å². The van der Waals surface area contributed by atoms with E-state index in [4.69, 9.17) is 4.74 Å². The van der Waals surface area contributed by atoms with Crippen LogP contribution in [0.5, 0.6) is 5.75 Å². The second kappa shape index (κ2) is 11.6. The normalized spacial score (nSPS) is 14.4. The van der Waals surface area contributed by atoms with Crippen LogP contribution in [0.4, 0.5) is 14.5 Å². The Labute approximate surface area is 211 Å². The van der Waals surface area contributed by atoms with E-state index in [2.05, 4.69) is 50.9 Å². The summed E-state index contributed by atoms with van der Waals surface area (Å²) in [6, 6.07) is 23.1. The maximum absolute atomic E-state index is 13.4. The van der Waals surface area contributed by atoms with Crippen LogP contribution in [0.15, 0.2) is 79.0 Å². The van der Waals surface area contributed by atoms with Gasteiger partial charge in [0.1, 0.15) is 24.8 Å². The van der Waals surface area contributed by atoms with Crippen LogP contribution >= 0.6 is 0 Å². The number of piperazine rings is 1. The van der Waals surface area contributed by atoms with Gasteiger partial charge in [0.2, 0.25) is 0 Å². The van der Waals surface area contributed by atoms with Gasteiger partial charge in [0, 0.05) is 55.2 Å². The standard InChI is InChI=1S/C30H33F2N3O/c31-15-21-36-28-8-5-7-27(22-28)34-19-17-33(18-20-34)16-4-3-6-24-23-35(26-13-11-25(32)12-14-26)30-10-2-1-9-29(24)30/h1-2,5,7-14,22-23H,3-4,6,15-21H2. The van der Waals surface area contributed by atoms with Crippen LogP contribution in [0.3, 0.4) is 0 Å². The average molecular weight is 490 g/mol. The molecular formula is C30H33F2N3O. The van der Waals surface area contributed by atoms with Crippen molar-refractivity contribution in [3.63, 3.8) is 0 Å². The van der Waals surface area contributed by atoms with Crippen LogP contribution in [0.1, 0.15) is 18.4 Å². The molecule has 1 saturated heterocycles. The van der Waals surface area contributed by atoms with Crippen molar-refractivity contribution in [3.8, 4) is 11.4 Å². The van der Waals surface area contributed by atoms with Gasteiger partial charge in [-0.2, -0.15) is 0 Å². The number of hydrogen-bond acceptors (Lipinski definition) is 3. The van der Waals surface area contributed by atoms with Gasteiger partial charge in [-0.25, -0.2) is 8.78 Å². The molecule has 36 heavy (non-hydrogen) atoms. The fraction of sp³-hybridized carbons (Fsp3) is 0.333. The van der Waals surface area contributed by atoms with E-state index in [0.29, 0.717) is 0 Å². The Balaban J connectivity index is 1.12. The van der Waals surface area contributed by atoms with E-state index >= 15 is 0 Å². The number of hydrogen-bond donors (Lipinski definition) is 0. The van der Waals surface area contributed by atoms with Crippen LogP contribution in [0, 0.1) is 5.82 Å². The number of rotatable bonds is 10. The smallest absolute Gasteiger partial charge is 0.123 e. The minimum atomic E-state index is -0.473. The average Bonchev–Trinajstić information content (AvgIpc) is 3.29. The van der Waals surface area contributed by atoms with Crippen LogP contribution in [-0.2, 0) is 6.42 Å². The summed E-state index contributed by atoms with van der Waals surface area (Å²) in [6.45, 7) is 4.78. The second-order valence-electron chi connectivity index (χ2n) is 9.34. The maximum Gasteiger partial charge on any atom is 0.123 e. The number of benzene rings is 3. The number of para-hydroxylation sites is 1. The van der Waals surface area contributed by atoms with E-state index < -0.39 is 6.67 Å². The molecule has 1 aromatic heterocycles. The van der Waals surface area contributed by atoms with Crippen molar-refractivity contribution < 1.29 is 13.5 Å². The van der Waals surface area contributed by atoms with Crippen LogP contribution in [0.25, 0.3) is 16.6 Å². The fourth-order valence-electron chi connectivity index (χ4n) is 5.07. The van der Waals surface area contributed by atoms with E-state index in [-0.39, 0.29) is 12.4 Å². The SMILES string of the molecule is FCCOc1cccc(N2CCN(CCCCc3cn(-c4ccc(F)cc4)c4ccccc34)CC2)c1. The largest absolute Gasteiger partial charge is 0.491 e. The molecule has 188 valence electrons. The first-order valence-electron chi connectivity index (χ1n) is 12.8. The zero-order valence-electron chi connectivity index (χ0n) is 20.6. The Morgan fingerprint density at radius 2 is 1.61 bits per heavy atom. The third-order valence-electron chi connectivity index (χ3n) is 6.97. The Kier molecular flexibility index (Phi) is 7.82. The lowest BCUT2D eigenvalue weighted by Gasteiger charge is -2.36. The van der Waals surface area contributed by atoms with E-state index in [0.717, 1.165) is 74.6 Å². The summed E-state index contributed by atoms with van der Waals surface area (Å²) in [7, 11) is 0. The Hall–Kier alpha value is -3.38. The molecule has 1 aliphatic heterocycles. The molecule has 0 unspecified atom stereocenters.